The van der Waals surface area contributed by atoms with E-state index in [1.54, 1.807) is 0 Å². The Hall–Kier alpha value is -2.18. The third-order valence-electron chi connectivity index (χ3n) is 1.74. The molecule has 0 bridgehead atoms. The summed E-state index contributed by atoms with van der Waals surface area (Å²) in [6.45, 7) is 2.39. The molecule has 1 rings (SSSR count). The van der Waals surface area contributed by atoms with Crippen molar-refractivity contribution in [3.8, 4) is 0 Å². The van der Waals surface area contributed by atoms with Gasteiger partial charge in [0, 0.05) is 6.54 Å². The number of rotatable bonds is 4. The third kappa shape index (κ3) is 1.85. The molecule has 1 saturated heterocycles. The average Bonchev–Trinajstić information content (AvgIpc) is 2.35. The zero-order valence-corrected chi connectivity index (χ0v) is 7.67. The molecule has 1 aliphatic rings. The Morgan fingerprint density at radius 2 is 1.80 bits per heavy atom. The molecule has 0 atom stereocenters. The van der Waals surface area contributed by atoms with Gasteiger partial charge in [0.1, 0.15) is 6.54 Å². The van der Waals surface area contributed by atoms with E-state index < -0.39 is 30.4 Å². The molecule has 0 saturated carbocycles. The zero-order valence-electron chi connectivity index (χ0n) is 7.67. The van der Waals surface area contributed by atoms with Crippen LogP contribution in [0.25, 0.3) is 0 Å². The summed E-state index contributed by atoms with van der Waals surface area (Å²) in [4.78, 5) is 45.0. The van der Waals surface area contributed by atoms with Crippen molar-refractivity contribution in [2.24, 2.45) is 0 Å². The fourth-order valence-electron chi connectivity index (χ4n) is 1.12. The van der Waals surface area contributed by atoms with Crippen LogP contribution in [0.4, 0.5) is 4.79 Å². The van der Waals surface area contributed by atoms with Gasteiger partial charge in [0.15, 0.2) is 0 Å². The van der Waals surface area contributed by atoms with Gasteiger partial charge in [0.25, 0.3) is 0 Å². The first-order valence-corrected chi connectivity index (χ1v) is 3.99. The van der Waals surface area contributed by atoms with Crippen LogP contribution in [-0.2, 0) is 14.4 Å². The molecule has 80 valence electrons. The van der Waals surface area contributed by atoms with Crippen LogP contribution in [0.1, 0.15) is 0 Å². The number of nitrogens with zero attached hydrogens (tertiary/aromatic N) is 2. The highest BCUT2D eigenvalue weighted by molar-refractivity contribution is 6.45. The van der Waals surface area contributed by atoms with Crippen LogP contribution >= 0.6 is 0 Å². The van der Waals surface area contributed by atoms with Crippen LogP contribution in [-0.4, -0.2) is 51.8 Å². The monoisotopic (exact) mass is 212 g/mol. The van der Waals surface area contributed by atoms with E-state index in [1.807, 2.05) is 0 Å². The minimum absolute atomic E-state index is 0.112. The maximum atomic E-state index is 11.4. The second kappa shape index (κ2) is 3.91. The Kier molecular flexibility index (Phi) is 2.84. The topological polar surface area (TPSA) is 95.0 Å². The van der Waals surface area contributed by atoms with E-state index in [-0.39, 0.29) is 6.54 Å². The lowest BCUT2D eigenvalue weighted by Gasteiger charge is -2.11. The van der Waals surface area contributed by atoms with Crippen molar-refractivity contribution >= 4 is 23.8 Å². The molecule has 7 heteroatoms. The summed E-state index contributed by atoms with van der Waals surface area (Å²) in [5.41, 5.74) is 0. The van der Waals surface area contributed by atoms with Crippen LogP contribution in [0.15, 0.2) is 12.7 Å². The van der Waals surface area contributed by atoms with Gasteiger partial charge in [0.2, 0.25) is 0 Å². The molecule has 1 fully saturated rings. The zero-order chi connectivity index (χ0) is 11.6. The number of hydrogen-bond acceptors (Lipinski definition) is 4. The first-order valence-electron chi connectivity index (χ1n) is 3.99. The van der Waals surface area contributed by atoms with Crippen molar-refractivity contribution in [1.82, 2.24) is 9.80 Å². The molecule has 15 heavy (non-hydrogen) atoms. The molecule has 4 amide bonds. The predicted octanol–water partition coefficient (Wildman–Crippen LogP) is -0.952. The Balaban J connectivity index is 2.89. The van der Waals surface area contributed by atoms with Crippen molar-refractivity contribution < 1.29 is 24.3 Å². The van der Waals surface area contributed by atoms with Crippen molar-refractivity contribution in [3.63, 3.8) is 0 Å². The number of hydrogen-bond donors (Lipinski definition) is 1. The normalized spacial score (nSPS) is 16.1. The molecule has 1 N–H and O–H groups in total. The van der Waals surface area contributed by atoms with Crippen LogP contribution in [0.2, 0.25) is 0 Å². The third-order valence-corrected chi connectivity index (χ3v) is 1.74. The molecule has 0 spiro atoms. The van der Waals surface area contributed by atoms with Crippen molar-refractivity contribution in [2.75, 3.05) is 13.1 Å². The maximum absolute atomic E-state index is 11.4. The van der Waals surface area contributed by atoms with Crippen LogP contribution in [0.5, 0.6) is 0 Å². The average molecular weight is 212 g/mol. The van der Waals surface area contributed by atoms with E-state index in [9.17, 15) is 19.2 Å². The Labute approximate surface area is 84.6 Å². The summed E-state index contributed by atoms with van der Waals surface area (Å²) in [6, 6.07) is -0.924. The molecule has 0 aliphatic carbocycles. The van der Waals surface area contributed by atoms with Crippen LogP contribution in [0.3, 0.4) is 0 Å². The molecular formula is C8H8N2O5. The number of carbonyl (C=O) groups excluding carboxylic acids is 3. The summed E-state index contributed by atoms with van der Waals surface area (Å²) >= 11 is 0. The highest BCUT2D eigenvalue weighted by Gasteiger charge is 2.44. The highest BCUT2D eigenvalue weighted by Crippen LogP contribution is 2.11. The largest absolute Gasteiger partial charge is 0.480 e. The van der Waals surface area contributed by atoms with Gasteiger partial charge in [-0.05, 0) is 0 Å². The number of carbonyl (C=O) groups is 4. The predicted molar refractivity (Wildman–Crippen MR) is 46.7 cm³/mol. The summed E-state index contributed by atoms with van der Waals surface area (Å²) in [6.07, 6.45) is 1.27. The van der Waals surface area contributed by atoms with Gasteiger partial charge >= 0.3 is 23.8 Å². The summed E-state index contributed by atoms with van der Waals surface area (Å²) in [7, 11) is 0. The van der Waals surface area contributed by atoms with E-state index in [2.05, 4.69) is 6.58 Å². The fourth-order valence-corrected chi connectivity index (χ4v) is 1.12. The van der Waals surface area contributed by atoms with E-state index in [1.165, 1.54) is 6.08 Å². The lowest BCUT2D eigenvalue weighted by atomic mass is 10.5. The first-order chi connectivity index (χ1) is 6.99. The SMILES string of the molecule is C=CCN1C(=O)C(=O)N(CC(=O)O)C1=O. The maximum Gasteiger partial charge on any atom is 0.335 e. The lowest BCUT2D eigenvalue weighted by Crippen LogP contribution is -2.36. The van der Waals surface area contributed by atoms with Gasteiger partial charge in [-0.1, -0.05) is 6.08 Å². The van der Waals surface area contributed by atoms with E-state index >= 15 is 0 Å². The van der Waals surface area contributed by atoms with Crippen molar-refractivity contribution in [2.45, 2.75) is 0 Å². The molecule has 0 unspecified atom stereocenters. The Morgan fingerprint density at radius 3 is 2.27 bits per heavy atom. The summed E-state index contributed by atoms with van der Waals surface area (Å²) in [5, 5.41) is 8.42. The minimum Gasteiger partial charge on any atom is -0.480 e. The van der Waals surface area contributed by atoms with E-state index in [0.29, 0.717) is 9.80 Å². The first kappa shape index (κ1) is 10.9. The van der Waals surface area contributed by atoms with Crippen LogP contribution in [0, 0.1) is 0 Å². The molecule has 1 heterocycles. The molecule has 0 radical (unpaired) electrons. The molecule has 0 aromatic rings. The van der Waals surface area contributed by atoms with E-state index in [0.717, 1.165) is 0 Å². The van der Waals surface area contributed by atoms with Gasteiger partial charge < -0.3 is 5.11 Å². The molecule has 0 aromatic heterocycles. The Morgan fingerprint density at radius 1 is 1.27 bits per heavy atom. The second-order valence-electron chi connectivity index (χ2n) is 2.77. The standard InChI is InChI=1S/C8H8N2O5/c1-2-3-9-6(13)7(14)10(8(9)15)4-5(11)12/h2H,1,3-4H2,(H,11,12). The number of urea groups is 1. The van der Waals surface area contributed by atoms with E-state index in [4.69, 9.17) is 5.11 Å². The molecule has 1 aliphatic heterocycles. The number of amides is 4. The molecule has 0 aromatic carbocycles. The highest BCUT2D eigenvalue weighted by atomic mass is 16.4. The molecular weight excluding hydrogens is 204 g/mol. The number of aliphatic carboxylic acids is 1. The Bertz CT molecular complexity index is 362. The molecule has 7 nitrogen and oxygen atoms in total. The number of carboxylic acid groups (broad SMARTS) is 1. The van der Waals surface area contributed by atoms with Gasteiger partial charge in [0.05, 0.1) is 0 Å². The second-order valence-corrected chi connectivity index (χ2v) is 2.77. The number of carboxylic acids is 1. The summed E-state index contributed by atoms with van der Waals surface area (Å²) in [5.74, 6) is -3.50. The minimum atomic E-state index is -1.36. The quantitative estimate of drug-likeness (QED) is 0.368. The fraction of sp³-hybridized carbons (Fsp3) is 0.250. The lowest BCUT2D eigenvalue weighted by molar-refractivity contribution is -0.146. The van der Waals surface area contributed by atoms with Gasteiger partial charge in [-0.2, -0.15) is 0 Å². The van der Waals surface area contributed by atoms with Gasteiger partial charge in [-0.15, -0.1) is 6.58 Å². The summed E-state index contributed by atoms with van der Waals surface area (Å²) < 4.78 is 0. The van der Waals surface area contributed by atoms with Crippen molar-refractivity contribution in [1.29, 1.82) is 0 Å². The van der Waals surface area contributed by atoms with Crippen molar-refractivity contribution in [3.05, 3.63) is 12.7 Å². The van der Waals surface area contributed by atoms with Crippen LogP contribution < -0.4 is 0 Å². The number of imide groups is 2. The van der Waals surface area contributed by atoms with Gasteiger partial charge in [-0.3, -0.25) is 19.3 Å². The smallest absolute Gasteiger partial charge is 0.335 e. The van der Waals surface area contributed by atoms with Gasteiger partial charge in [-0.25, -0.2) is 9.69 Å².